The van der Waals surface area contributed by atoms with Gasteiger partial charge in [-0.1, -0.05) is 0 Å². The Morgan fingerprint density at radius 2 is 1.20 bits per heavy atom. The molecule has 0 aromatic heterocycles. The van der Waals surface area contributed by atoms with Crippen LogP contribution in [0.5, 0.6) is 0 Å². The molecule has 6 nitrogen and oxygen atoms in total. The molecule has 0 spiro atoms. The first-order valence-electron chi connectivity index (χ1n) is 2.11. The van der Waals surface area contributed by atoms with Crippen molar-refractivity contribution in [2.24, 2.45) is 0 Å². The van der Waals surface area contributed by atoms with E-state index in [1.165, 1.54) is 0 Å². The van der Waals surface area contributed by atoms with Gasteiger partial charge in [0.2, 0.25) is 0 Å². The number of hydrogen-bond donors (Lipinski definition) is 4. The molecule has 0 aliphatic rings. The molecule has 4 N–H and O–H groups in total. The quantitative estimate of drug-likeness (QED) is 0.449. The summed E-state index contributed by atoms with van der Waals surface area (Å²) in [4.78, 5) is 32.8. The van der Waals surface area contributed by atoms with Gasteiger partial charge in [0.1, 0.15) is 0 Å². The van der Waals surface area contributed by atoms with Crippen LogP contribution >= 0.6 is 15.2 Å². The van der Waals surface area contributed by atoms with Crippen molar-refractivity contribution in [2.75, 3.05) is 0 Å². The lowest BCUT2D eigenvalue weighted by molar-refractivity contribution is 0.357. The normalized spacial score (nSPS) is 14.2. The third-order valence-corrected chi connectivity index (χ3v) is 4.09. The Bertz CT molecular complexity index is 176. The van der Waals surface area contributed by atoms with Gasteiger partial charge < -0.3 is 19.6 Å². The molecule has 0 heterocycles. The fraction of sp³-hybridized carbons (Fsp3) is 0.500. The van der Waals surface area contributed by atoms with Crippen molar-refractivity contribution in [3.63, 3.8) is 0 Å². The predicted molar refractivity (Wildman–Crippen MR) is 33.0 cm³/mol. The summed E-state index contributed by atoms with van der Waals surface area (Å²) < 4.78 is 20.3. The number of rotatable bonds is 2. The lowest BCUT2D eigenvalue weighted by Gasteiger charge is -2.12. The molecule has 10 heavy (non-hydrogen) atoms. The van der Waals surface area contributed by atoms with Crippen LogP contribution in [0, 0.1) is 5.40 Å². The molecule has 1 radical (unpaired) electrons. The van der Waals surface area contributed by atoms with Gasteiger partial charge in [-0.15, -0.1) is 0 Å². The smallest absolute Gasteiger partial charge is 0.324 e. The molecule has 0 saturated carbocycles. The summed E-state index contributed by atoms with van der Waals surface area (Å²) >= 11 is 0. The van der Waals surface area contributed by atoms with E-state index in [4.69, 9.17) is 19.6 Å². The number of hydrogen-bond acceptors (Lipinski definition) is 2. The van der Waals surface area contributed by atoms with E-state index < -0.39 is 20.6 Å². The van der Waals surface area contributed by atoms with Gasteiger partial charge in [0, 0.05) is 0 Å². The van der Waals surface area contributed by atoms with Crippen LogP contribution in [-0.2, 0) is 9.13 Å². The van der Waals surface area contributed by atoms with E-state index >= 15 is 0 Å². The van der Waals surface area contributed by atoms with Crippen LogP contribution in [0.15, 0.2) is 0 Å². The maximum atomic E-state index is 10.1. The molecular formula is C2H7O6P2. The summed E-state index contributed by atoms with van der Waals surface area (Å²) in [6, 6.07) is 0. The van der Waals surface area contributed by atoms with E-state index in [9.17, 15) is 9.13 Å². The van der Waals surface area contributed by atoms with Gasteiger partial charge in [-0.2, -0.15) is 0 Å². The van der Waals surface area contributed by atoms with Crippen molar-refractivity contribution in [1.29, 1.82) is 0 Å². The maximum absolute atomic E-state index is 10.1. The summed E-state index contributed by atoms with van der Waals surface area (Å²) in [5, 5.41) is -1.10. The Kier molecular flexibility index (Phi) is 2.82. The first-order chi connectivity index (χ1) is 4.15. The van der Waals surface area contributed by atoms with Crippen molar-refractivity contribution in [2.45, 2.75) is 6.92 Å². The first-order valence-corrected chi connectivity index (χ1v) is 5.34. The predicted octanol–water partition coefficient (Wildman–Crippen LogP) is -0.149. The second-order valence-corrected chi connectivity index (χ2v) is 5.51. The van der Waals surface area contributed by atoms with Crippen LogP contribution in [0.4, 0.5) is 0 Å². The van der Waals surface area contributed by atoms with Crippen LogP contribution in [-0.4, -0.2) is 19.6 Å². The summed E-state index contributed by atoms with van der Waals surface area (Å²) in [6.07, 6.45) is 0. The van der Waals surface area contributed by atoms with E-state index in [0.717, 1.165) is 6.92 Å². The fourth-order valence-corrected chi connectivity index (χ4v) is 1.53. The van der Waals surface area contributed by atoms with Gasteiger partial charge in [-0.3, -0.25) is 9.13 Å². The minimum absolute atomic E-state index is 0.724. The molecule has 0 aromatic carbocycles. The third kappa shape index (κ3) is 2.92. The zero-order valence-corrected chi connectivity index (χ0v) is 6.79. The van der Waals surface area contributed by atoms with E-state index in [0.29, 0.717) is 0 Å². The summed E-state index contributed by atoms with van der Waals surface area (Å²) in [6.45, 7) is 0.724. The Morgan fingerprint density at radius 1 is 1.00 bits per heavy atom. The highest BCUT2D eigenvalue weighted by Gasteiger charge is 2.40. The van der Waals surface area contributed by atoms with Crippen LogP contribution < -0.4 is 0 Å². The van der Waals surface area contributed by atoms with E-state index in [1.54, 1.807) is 0 Å². The fourth-order valence-electron chi connectivity index (χ4n) is 0.170. The summed E-state index contributed by atoms with van der Waals surface area (Å²) in [5.41, 5.74) is 0. The zero-order valence-electron chi connectivity index (χ0n) is 5.00. The highest BCUT2D eigenvalue weighted by molar-refractivity contribution is 7.75. The van der Waals surface area contributed by atoms with Crippen molar-refractivity contribution >= 4 is 15.2 Å². The van der Waals surface area contributed by atoms with Crippen molar-refractivity contribution < 1.29 is 28.7 Å². The molecule has 0 aliphatic heterocycles. The summed E-state index contributed by atoms with van der Waals surface area (Å²) in [7, 11) is -9.45. The lowest BCUT2D eigenvalue weighted by atomic mass is 11.0. The van der Waals surface area contributed by atoms with E-state index in [-0.39, 0.29) is 0 Å². The average molecular weight is 189 g/mol. The van der Waals surface area contributed by atoms with Crippen LogP contribution in [0.1, 0.15) is 6.92 Å². The van der Waals surface area contributed by atoms with E-state index in [2.05, 4.69) is 0 Å². The second kappa shape index (κ2) is 2.74. The molecule has 0 unspecified atom stereocenters. The molecule has 0 amide bonds. The minimum Gasteiger partial charge on any atom is -0.324 e. The van der Waals surface area contributed by atoms with Gasteiger partial charge in [0.25, 0.3) is 0 Å². The zero-order chi connectivity index (χ0) is 8.58. The standard InChI is InChI=1S/C2H7O6P2/c1-2(9(3,4)5)10(6,7)8/h1H3,(H2,3,4,5)(H2,6,7,8). The molecule has 61 valence electrons. The summed E-state index contributed by atoms with van der Waals surface area (Å²) in [5.74, 6) is 0. The van der Waals surface area contributed by atoms with Crippen molar-refractivity contribution in [3.8, 4) is 0 Å². The largest absolute Gasteiger partial charge is 0.345 e. The van der Waals surface area contributed by atoms with Gasteiger partial charge in [0.05, 0.1) is 0 Å². The van der Waals surface area contributed by atoms with Crippen LogP contribution in [0.25, 0.3) is 0 Å². The van der Waals surface area contributed by atoms with Gasteiger partial charge in [0.15, 0.2) is 5.40 Å². The first kappa shape index (κ1) is 10.3. The Labute approximate surface area is 57.2 Å². The SMILES string of the molecule is C[C](P(=O)(O)O)P(=O)(O)O. The second-order valence-electron chi connectivity index (χ2n) is 1.64. The monoisotopic (exact) mass is 189 g/mol. The molecule has 8 heteroatoms. The average Bonchev–Trinajstić information content (AvgIpc) is 1.59. The lowest BCUT2D eigenvalue weighted by Crippen LogP contribution is -1.93. The minimum atomic E-state index is -4.72. The highest BCUT2D eigenvalue weighted by atomic mass is 31.2. The molecule has 0 saturated heterocycles. The topological polar surface area (TPSA) is 115 Å². The third-order valence-electron chi connectivity index (χ3n) is 0.843. The van der Waals surface area contributed by atoms with Gasteiger partial charge in [-0.25, -0.2) is 0 Å². The van der Waals surface area contributed by atoms with Crippen molar-refractivity contribution in [1.82, 2.24) is 0 Å². The van der Waals surface area contributed by atoms with Crippen molar-refractivity contribution in [3.05, 3.63) is 5.40 Å². The van der Waals surface area contributed by atoms with Gasteiger partial charge in [-0.05, 0) is 6.92 Å². The van der Waals surface area contributed by atoms with Gasteiger partial charge >= 0.3 is 15.2 Å². The Morgan fingerprint density at radius 3 is 1.20 bits per heavy atom. The molecule has 0 rings (SSSR count). The van der Waals surface area contributed by atoms with Crippen LogP contribution in [0.2, 0.25) is 0 Å². The highest BCUT2D eigenvalue weighted by Crippen LogP contribution is 2.65. The Hall–Kier alpha value is 0.300. The maximum Gasteiger partial charge on any atom is 0.345 e. The molecule has 0 bridgehead atoms. The Balaban J connectivity index is 4.56. The van der Waals surface area contributed by atoms with Crippen LogP contribution in [0.3, 0.4) is 0 Å². The molecule has 0 aliphatic carbocycles. The van der Waals surface area contributed by atoms with E-state index in [1.807, 2.05) is 0 Å². The molecule has 0 aromatic rings. The molecule has 0 fully saturated rings. The molecular weight excluding hydrogens is 182 g/mol. The molecule has 0 atom stereocenters.